The third-order valence-corrected chi connectivity index (χ3v) is 16.2. The molecule has 4 aromatic carbocycles. The van der Waals surface area contributed by atoms with Crippen LogP contribution in [0.3, 0.4) is 0 Å². The Labute approximate surface area is 494 Å². The summed E-state index contributed by atoms with van der Waals surface area (Å²) in [4.78, 5) is 117. The number of unbranched alkanes of at least 4 members (excludes halogenated alkanes) is 1. The summed E-state index contributed by atoms with van der Waals surface area (Å²) < 4.78 is 0. The highest BCUT2D eigenvalue weighted by Crippen LogP contribution is 2.25. The molecule has 2 aromatic heterocycles. The van der Waals surface area contributed by atoms with Gasteiger partial charge >= 0.3 is 0 Å². The first-order valence-electron chi connectivity index (χ1n) is 27.5. The van der Waals surface area contributed by atoms with Gasteiger partial charge in [-0.1, -0.05) is 114 Å². The maximum absolute atomic E-state index is 14.9. The first-order valence-corrected chi connectivity index (χ1v) is 30.0. The highest BCUT2D eigenvalue weighted by Gasteiger charge is 2.36. The quantitative estimate of drug-likeness (QED) is 0.0255. The molecule has 8 atom stereocenters. The smallest absolute Gasteiger partial charge is 0.300 e. The molecule has 18 N–H and O–H groups in total. The topological polar surface area (TPSA) is 395 Å². The zero-order valence-corrected chi connectivity index (χ0v) is 48.6. The van der Waals surface area contributed by atoms with Gasteiger partial charge in [0.05, 0.1) is 12.1 Å². The van der Waals surface area contributed by atoms with Crippen LogP contribution in [-0.2, 0) is 64.0 Å². The predicted molar refractivity (Wildman–Crippen MR) is 325 cm³/mol. The fourth-order valence-corrected chi connectivity index (χ4v) is 11.6. The second-order valence-electron chi connectivity index (χ2n) is 20.7. The van der Waals surface area contributed by atoms with Crippen LogP contribution in [-0.4, -0.2) is 140 Å². The van der Waals surface area contributed by atoms with E-state index in [1.54, 1.807) is 38.4 Å². The van der Waals surface area contributed by atoms with Crippen LogP contribution in [0.15, 0.2) is 116 Å². The maximum Gasteiger partial charge on any atom is 0.300 e. The number of carboxylic acids is 1. The number of carbonyl (C=O) groups excluding carboxylic acids is 7. The first kappa shape index (κ1) is 64.8. The number of aromatic amines is 2. The first-order chi connectivity index (χ1) is 40.2. The fraction of sp³-hybridized carbons (Fsp3) is 0.373. The minimum Gasteiger partial charge on any atom is -0.508 e. The number of nitrogens with two attached hydrogens (primary N) is 3. The van der Waals surface area contributed by atoms with E-state index in [1.807, 2.05) is 78.9 Å². The number of amides is 7. The second kappa shape index (κ2) is 31.9. The van der Waals surface area contributed by atoms with Gasteiger partial charge in [0.1, 0.15) is 47.8 Å². The lowest BCUT2D eigenvalue weighted by Crippen LogP contribution is -2.61. The Bertz CT molecular complexity index is 3230. The van der Waals surface area contributed by atoms with Gasteiger partial charge in [-0.25, -0.2) is 0 Å². The fourth-order valence-electron chi connectivity index (χ4n) is 9.30. The van der Waals surface area contributed by atoms with Crippen LogP contribution in [0, 0.1) is 11.3 Å². The summed E-state index contributed by atoms with van der Waals surface area (Å²) in [6.07, 6.45) is 4.55. The van der Waals surface area contributed by atoms with Crippen LogP contribution in [0.4, 0.5) is 0 Å². The van der Waals surface area contributed by atoms with Gasteiger partial charge in [0.2, 0.25) is 41.4 Å². The van der Waals surface area contributed by atoms with Crippen LogP contribution in [0.5, 0.6) is 5.75 Å². The van der Waals surface area contributed by atoms with E-state index >= 15 is 0 Å². The number of aliphatic carboxylic acids is 1. The third-order valence-electron chi connectivity index (χ3n) is 13.8. The van der Waals surface area contributed by atoms with Crippen molar-refractivity contribution in [3.63, 3.8) is 0 Å². The highest BCUT2D eigenvalue weighted by atomic mass is 33.1. The largest absolute Gasteiger partial charge is 0.508 e. The molecule has 1 aliphatic rings. The van der Waals surface area contributed by atoms with E-state index in [4.69, 9.17) is 32.5 Å². The SMILES string of the molecule is CC(=O)O.CC(C)C1NC(=O)[C@H](CCCCN)NC(=O)C(Cc2c[nH]c3ccccc23)NC(=O)[C@H](Cc2ccc(O)cc2)NC(=O)C(NC(=O)[C@H](N)Cc2ccccc2)CSSCC(C(=O)N[C@@H](Cc2c[nH]c3ccccc23)C(=N)N)NC1=O. The Hall–Kier alpha value is -8.39. The molecule has 1 aliphatic heterocycles. The molecule has 84 heavy (non-hydrogen) atoms. The van der Waals surface area contributed by atoms with Crippen LogP contribution < -0.4 is 54.4 Å². The minimum atomic E-state index is -1.39. The average molecular weight is 1190 g/mol. The van der Waals surface area contributed by atoms with Crippen molar-refractivity contribution in [1.29, 1.82) is 5.41 Å². The van der Waals surface area contributed by atoms with Crippen molar-refractivity contribution >= 4 is 96.5 Å². The average Bonchev–Trinajstić information content (AvgIpc) is 4.31. The number of carbonyl (C=O) groups is 8. The number of para-hydroxylation sites is 2. The summed E-state index contributed by atoms with van der Waals surface area (Å²) in [7, 11) is 2.18. The van der Waals surface area contributed by atoms with Crippen molar-refractivity contribution in [2.75, 3.05) is 18.1 Å². The summed E-state index contributed by atoms with van der Waals surface area (Å²) in [5.41, 5.74) is 22.8. The number of carboxylic acid groups (broad SMARTS) is 1. The molecular formula is C59H75N13O10S2. The molecule has 0 spiro atoms. The summed E-state index contributed by atoms with van der Waals surface area (Å²) >= 11 is 0. The van der Waals surface area contributed by atoms with E-state index in [-0.39, 0.29) is 55.2 Å². The van der Waals surface area contributed by atoms with Gasteiger partial charge in [0.15, 0.2) is 0 Å². The van der Waals surface area contributed by atoms with E-state index in [2.05, 4.69) is 47.2 Å². The molecule has 1 saturated heterocycles. The summed E-state index contributed by atoms with van der Waals surface area (Å²) in [5.74, 6) is -7.14. The van der Waals surface area contributed by atoms with Gasteiger partial charge in [0, 0.05) is 71.9 Å². The summed E-state index contributed by atoms with van der Waals surface area (Å²) in [6.45, 7) is 4.80. The number of aromatic hydroxyl groups is 1. The number of hydrogen-bond acceptors (Lipinski definition) is 14. The van der Waals surface area contributed by atoms with Crippen molar-refractivity contribution in [1.82, 2.24) is 47.2 Å². The van der Waals surface area contributed by atoms with E-state index in [1.165, 1.54) is 12.1 Å². The van der Waals surface area contributed by atoms with Gasteiger partial charge in [-0.05, 0) is 84.7 Å². The standard InChI is InChI=1S/C57H71N13O8S2.C2H4O2/c1-32(2)49-57(78)69-48(55(76)65-44(50(60)61)26-35-28-62-41-16-8-6-14-38(35)41)31-80-79-30-47(68-51(72)40(59)24-33-12-4-3-5-13-33)56(77)66-45(25-34-19-21-37(71)22-20-34)53(74)67-46(27-36-29-63-42-17-9-7-15-39(36)42)54(75)64-43(52(73)70-49)18-10-11-23-58;1-2(3)4/h3-9,12-17,19-22,28-29,32,40,43-49,62-63,71H,10-11,18,23-27,30-31,58-59H2,1-2H3,(H3,60,61)(H,64,75)(H,65,76)(H,66,77)(H,67,74)(H,68,72)(H,69,78)(H,70,73);1H3,(H,3,4)/t40-,43+,44+,45+,46?,47?,48?,49?;/m1./s1. The third kappa shape index (κ3) is 19.4. The number of rotatable bonds is 18. The molecule has 1 fully saturated rings. The van der Waals surface area contributed by atoms with Gasteiger partial charge in [-0.15, -0.1) is 0 Å². The van der Waals surface area contributed by atoms with Gasteiger partial charge < -0.3 is 74.6 Å². The molecule has 0 aliphatic carbocycles. The molecule has 4 unspecified atom stereocenters. The number of H-pyrrole nitrogens is 2. The summed E-state index contributed by atoms with van der Waals surface area (Å²) in [5, 5.41) is 47.5. The minimum absolute atomic E-state index is 0.0359. The van der Waals surface area contributed by atoms with Gasteiger partial charge in [0.25, 0.3) is 5.97 Å². The van der Waals surface area contributed by atoms with Crippen LogP contribution in [0.2, 0.25) is 0 Å². The Kier molecular flexibility index (Phi) is 24.6. The van der Waals surface area contributed by atoms with Crippen molar-refractivity contribution in [2.24, 2.45) is 23.1 Å². The van der Waals surface area contributed by atoms with Crippen LogP contribution in [0.1, 0.15) is 62.3 Å². The number of fused-ring (bicyclic) bond motifs is 2. The van der Waals surface area contributed by atoms with Gasteiger partial charge in [-0.3, -0.25) is 43.8 Å². The second-order valence-corrected chi connectivity index (χ2v) is 23.3. The van der Waals surface area contributed by atoms with E-state index in [0.29, 0.717) is 30.5 Å². The molecule has 25 heteroatoms. The number of nitrogens with one attached hydrogen (secondary N) is 10. The van der Waals surface area contributed by atoms with Gasteiger partial charge in [-0.2, -0.15) is 0 Å². The lowest BCUT2D eigenvalue weighted by Gasteiger charge is -2.29. The molecule has 6 aromatic rings. The molecule has 3 heterocycles. The monoisotopic (exact) mass is 1190 g/mol. The maximum atomic E-state index is 14.9. The lowest BCUT2D eigenvalue weighted by atomic mass is 10.00. The highest BCUT2D eigenvalue weighted by molar-refractivity contribution is 8.76. The van der Waals surface area contributed by atoms with Crippen molar-refractivity contribution in [3.8, 4) is 5.75 Å². The molecule has 7 rings (SSSR count). The normalized spacial score (nSPS) is 20.1. The number of amidine groups is 1. The lowest BCUT2D eigenvalue weighted by molar-refractivity contribution is -0.135. The molecular weight excluding hydrogens is 1110 g/mol. The molecule has 0 saturated carbocycles. The van der Waals surface area contributed by atoms with Crippen LogP contribution >= 0.6 is 21.6 Å². The Morgan fingerprint density at radius 1 is 0.667 bits per heavy atom. The summed E-state index contributed by atoms with van der Waals surface area (Å²) in [6, 6.07) is 20.0. The predicted octanol–water partition coefficient (Wildman–Crippen LogP) is 2.55. The molecule has 448 valence electrons. The number of aromatic nitrogens is 2. The Balaban J connectivity index is 0.00000274. The molecule has 0 bridgehead atoms. The molecule has 0 radical (unpaired) electrons. The van der Waals surface area contributed by atoms with Crippen molar-refractivity contribution in [2.45, 2.75) is 114 Å². The Morgan fingerprint density at radius 3 is 1.83 bits per heavy atom. The Morgan fingerprint density at radius 2 is 1.21 bits per heavy atom. The van der Waals surface area contributed by atoms with E-state index < -0.39 is 102 Å². The van der Waals surface area contributed by atoms with Crippen LogP contribution in [0.25, 0.3) is 21.8 Å². The number of phenolic OH excluding ortho intramolecular Hbond substituents is 1. The number of phenols is 1. The zero-order valence-electron chi connectivity index (χ0n) is 46.9. The molecule has 23 nitrogen and oxygen atoms in total. The number of benzene rings is 4. The van der Waals surface area contributed by atoms with Crippen molar-refractivity contribution in [3.05, 3.63) is 138 Å². The van der Waals surface area contributed by atoms with E-state index in [0.717, 1.165) is 61.4 Å². The van der Waals surface area contributed by atoms with E-state index in [9.17, 15) is 38.7 Å². The van der Waals surface area contributed by atoms with Crippen molar-refractivity contribution < 1.29 is 48.6 Å². The number of hydrogen-bond donors (Lipinski definition) is 15. The zero-order chi connectivity index (χ0) is 60.9. The molecule has 7 amide bonds.